The summed E-state index contributed by atoms with van der Waals surface area (Å²) in [5.41, 5.74) is 6.35. The highest BCUT2D eigenvalue weighted by molar-refractivity contribution is 7.18. The number of nitrogens with zero attached hydrogens (tertiary/aromatic N) is 1. The molecular weight excluding hydrogens is 353 g/mol. The van der Waals surface area contributed by atoms with Crippen LogP contribution < -0.4 is 11.1 Å². The van der Waals surface area contributed by atoms with E-state index in [4.69, 9.17) is 5.73 Å². The van der Waals surface area contributed by atoms with Crippen molar-refractivity contribution in [2.75, 3.05) is 6.54 Å². The lowest BCUT2D eigenvalue weighted by Gasteiger charge is -2.24. The monoisotopic (exact) mass is 377 g/mol. The molecule has 0 aliphatic heterocycles. The number of carbonyl (C=O) groups is 1. The second kappa shape index (κ2) is 10.1. The van der Waals surface area contributed by atoms with Gasteiger partial charge in [-0.1, -0.05) is 12.1 Å². The Kier molecular flexibility index (Phi) is 9.70. The lowest BCUT2D eigenvalue weighted by molar-refractivity contribution is -0.122. The second-order valence-electron chi connectivity index (χ2n) is 5.92. The van der Waals surface area contributed by atoms with Crippen LogP contribution in [0.4, 0.5) is 0 Å². The standard InChI is InChI=1S/C16H23N3OS.2ClH/c1-16(2,11-17)19-14(20)9-5-6-10-15-18-12-7-3-4-8-13(12)21-15;;/h3-4,7-8H,5-6,9-11,17H2,1-2H3,(H,19,20);2*1H. The number of thiazole rings is 1. The van der Waals surface area contributed by atoms with Crippen LogP contribution in [0.15, 0.2) is 24.3 Å². The van der Waals surface area contributed by atoms with Crippen molar-refractivity contribution in [2.45, 2.75) is 45.1 Å². The summed E-state index contributed by atoms with van der Waals surface area (Å²) >= 11 is 1.74. The van der Waals surface area contributed by atoms with Crippen molar-refractivity contribution in [2.24, 2.45) is 5.73 Å². The van der Waals surface area contributed by atoms with Crippen molar-refractivity contribution >= 4 is 52.3 Å². The van der Waals surface area contributed by atoms with Gasteiger partial charge in [0.05, 0.1) is 15.2 Å². The molecule has 0 unspecified atom stereocenters. The number of nitrogens with one attached hydrogen (secondary N) is 1. The summed E-state index contributed by atoms with van der Waals surface area (Å²) < 4.78 is 1.23. The fraction of sp³-hybridized carbons (Fsp3) is 0.500. The topological polar surface area (TPSA) is 68.0 Å². The molecule has 0 fully saturated rings. The van der Waals surface area contributed by atoms with Crippen molar-refractivity contribution in [3.63, 3.8) is 0 Å². The Morgan fingerprint density at radius 1 is 1.26 bits per heavy atom. The molecule has 0 saturated carbocycles. The Balaban J connectivity index is 0.00000242. The van der Waals surface area contributed by atoms with E-state index in [-0.39, 0.29) is 36.3 Å². The number of fused-ring (bicyclic) bond motifs is 1. The molecule has 0 saturated heterocycles. The molecule has 2 rings (SSSR count). The maximum Gasteiger partial charge on any atom is 0.220 e. The summed E-state index contributed by atoms with van der Waals surface area (Å²) in [4.78, 5) is 16.4. The lowest BCUT2D eigenvalue weighted by Crippen LogP contribution is -2.48. The number of aryl methyl sites for hydroxylation is 1. The maximum atomic E-state index is 11.8. The quantitative estimate of drug-likeness (QED) is 0.722. The summed E-state index contributed by atoms with van der Waals surface area (Å²) in [6.07, 6.45) is 3.35. The molecule has 7 heteroatoms. The first-order chi connectivity index (χ1) is 10.00. The molecule has 0 spiro atoms. The molecule has 130 valence electrons. The summed E-state index contributed by atoms with van der Waals surface area (Å²) in [6, 6.07) is 8.18. The van der Waals surface area contributed by atoms with Crippen LogP contribution in [0.25, 0.3) is 10.2 Å². The maximum absolute atomic E-state index is 11.8. The number of halogens is 2. The summed E-state index contributed by atoms with van der Waals surface area (Å²) in [5, 5.41) is 4.10. The number of nitrogens with two attached hydrogens (primary N) is 1. The van der Waals surface area contributed by atoms with Crippen molar-refractivity contribution in [3.8, 4) is 0 Å². The third-order valence-corrected chi connectivity index (χ3v) is 4.47. The van der Waals surface area contributed by atoms with Crippen molar-refractivity contribution in [1.82, 2.24) is 10.3 Å². The number of amides is 1. The van der Waals surface area contributed by atoms with Crippen LogP contribution in [-0.2, 0) is 11.2 Å². The summed E-state index contributed by atoms with van der Waals surface area (Å²) in [5.74, 6) is 0.0785. The Hall–Kier alpha value is -0.880. The van der Waals surface area contributed by atoms with Gasteiger partial charge in [0.15, 0.2) is 0 Å². The van der Waals surface area contributed by atoms with E-state index >= 15 is 0 Å². The molecule has 1 heterocycles. The Labute approximate surface area is 154 Å². The largest absolute Gasteiger partial charge is 0.350 e. The molecule has 0 radical (unpaired) electrons. The number of unbranched alkanes of at least 4 members (excludes halogenated alkanes) is 1. The first-order valence-corrected chi connectivity index (χ1v) is 8.17. The van der Waals surface area contributed by atoms with Gasteiger partial charge in [0.1, 0.15) is 0 Å². The van der Waals surface area contributed by atoms with Crippen LogP contribution >= 0.6 is 36.2 Å². The van der Waals surface area contributed by atoms with Gasteiger partial charge in [-0.15, -0.1) is 36.2 Å². The Morgan fingerprint density at radius 2 is 1.96 bits per heavy atom. The smallest absolute Gasteiger partial charge is 0.220 e. The molecule has 0 aliphatic carbocycles. The van der Waals surface area contributed by atoms with E-state index in [0.29, 0.717) is 13.0 Å². The zero-order valence-electron chi connectivity index (χ0n) is 13.5. The van der Waals surface area contributed by atoms with E-state index in [9.17, 15) is 4.79 Å². The highest BCUT2D eigenvalue weighted by Crippen LogP contribution is 2.22. The number of rotatable bonds is 7. The van der Waals surface area contributed by atoms with Crippen molar-refractivity contribution < 1.29 is 4.79 Å². The molecule has 1 amide bonds. The lowest BCUT2D eigenvalue weighted by atomic mass is 10.1. The van der Waals surface area contributed by atoms with Gasteiger partial charge in [0.2, 0.25) is 5.91 Å². The van der Waals surface area contributed by atoms with Gasteiger partial charge in [-0.25, -0.2) is 4.98 Å². The molecule has 0 atom stereocenters. The molecule has 2 aromatic rings. The zero-order chi connectivity index (χ0) is 15.3. The van der Waals surface area contributed by atoms with Crippen LogP contribution in [-0.4, -0.2) is 23.0 Å². The number of hydrogen-bond acceptors (Lipinski definition) is 4. The number of para-hydroxylation sites is 1. The van der Waals surface area contributed by atoms with Crippen LogP contribution in [0.5, 0.6) is 0 Å². The van der Waals surface area contributed by atoms with E-state index in [1.165, 1.54) is 4.70 Å². The normalized spacial score (nSPS) is 10.7. The minimum absolute atomic E-state index is 0. The van der Waals surface area contributed by atoms with Crippen LogP contribution in [0.1, 0.15) is 38.1 Å². The fourth-order valence-electron chi connectivity index (χ4n) is 2.08. The summed E-state index contributed by atoms with van der Waals surface area (Å²) in [7, 11) is 0. The highest BCUT2D eigenvalue weighted by Gasteiger charge is 2.17. The van der Waals surface area contributed by atoms with E-state index in [1.807, 2.05) is 32.0 Å². The second-order valence-corrected chi connectivity index (χ2v) is 7.03. The third kappa shape index (κ3) is 7.04. The van der Waals surface area contributed by atoms with Gasteiger partial charge in [-0.2, -0.15) is 0 Å². The Bertz CT molecular complexity index is 583. The molecule has 1 aromatic heterocycles. The van der Waals surface area contributed by atoms with E-state index in [1.54, 1.807) is 11.3 Å². The van der Waals surface area contributed by atoms with E-state index in [2.05, 4.69) is 16.4 Å². The number of benzene rings is 1. The fourth-order valence-corrected chi connectivity index (χ4v) is 3.09. The summed E-state index contributed by atoms with van der Waals surface area (Å²) in [6.45, 7) is 4.32. The Morgan fingerprint density at radius 3 is 2.61 bits per heavy atom. The zero-order valence-corrected chi connectivity index (χ0v) is 16.0. The number of aromatic nitrogens is 1. The number of carbonyl (C=O) groups excluding carboxylic acids is 1. The van der Waals surface area contributed by atoms with Gasteiger partial charge in [0, 0.05) is 18.5 Å². The van der Waals surface area contributed by atoms with Gasteiger partial charge in [0.25, 0.3) is 0 Å². The first kappa shape index (κ1) is 22.1. The van der Waals surface area contributed by atoms with Crippen molar-refractivity contribution in [1.29, 1.82) is 0 Å². The molecule has 0 aliphatic rings. The minimum atomic E-state index is -0.315. The third-order valence-electron chi connectivity index (χ3n) is 3.37. The molecular formula is C16H25Cl2N3OS. The van der Waals surface area contributed by atoms with Gasteiger partial charge in [-0.05, 0) is 45.2 Å². The first-order valence-electron chi connectivity index (χ1n) is 7.36. The predicted octanol–water partition coefficient (Wildman–Crippen LogP) is 3.71. The highest BCUT2D eigenvalue weighted by atomic mass is 35.5. The van der Waals surface area contributed by atoms with Gasteiger partial charge in [-0.3, -0.25) is 4.79 Å². The SMILES string of the molecule is CC(C)(CN)NC(=O)CCCCc1nc2ccccc2s1.Cl.Cl. The number of hydrogen-bond donors (Lipinski definition) is 2. The van der Waals surface area contributed by atoms with Gasteiger partial charge >= 0.3 is 0 Å². The molecule has 3 N–H and O–H groups in total. The van der Waals surface area contributed by atoms with Crippen molar-refractivity contribution in [3.05, 3.63) is 29.3 Å². The van der Waals surface area contributed by atoms with Gasteiger partial charge < -0.3 is 11.1 Å². The van der Waals surface area contributed by atoms with Crippen LogP contribution in [0.2, 0.25) is 0 Å². The average molecular weight is 378 g/mol. The molecule has 0 bridgehead atoms. The van der Waals surface area contributed by atoms with Crippen LogP contribution in [0, 0.1) is 0 Å². The van der Waals surface area contributed by atoms with Crippen LogP contribution in [0.3, 0.4) is 0 Å². The molecule has 1 aromatic carbocycles. The predicted molar refractivity (Wildman–Crippen MR) is 103 cm³/mol. The molecule has 23 heavy (non-hydrogen) atoms. The average Bonchev–Trinajstić information content (AvgIpc) is 2.86. The van der Waals surface area contributed by atoms with E-state index in [0.717, 1.165) is 29.8 Å². The molecule has 4 nitrogen and oxygen atoms in total. The van der Waals surface area contributed by atoms with E-state index < -0.39 is 0 Å². The minimum Gasteiger partial charge on any atom is -0.350 e.